The maximum absolute atomic E-state index is 13.1. The average molecular weight is 525 g/mol. The minimum absolute atomic E-state index is 0.0294. The van der Waals surface area contributed by atoms with Gasteiger partial charge in [-0.05, 0) is 0 Å². The zero-order valence-electron chi connectivity index (χ0n) is 16.0. The first-order chi connectivity index (χ1) is 13.5. The molecule has 1 aromatic rings. The van der Waals surface area contributed by atoms with Crippen LogP contribution in [0.4, 0.5) is 26.3 Å². The van der Waals surface area contributed by atoms with Crippen LogP contribution in [0.2, 0.25) is 5.32 Å². The number of rotatable bonds is 3. The predicted octanol–water partition coefficient (Wildman–Crippen LogP) is 4.45. The topological polar surface area (TPSA) is 52.6 Å². The Hall–Kier alpha value is -0.811. The fourth-order valence-electron chi connectivity index (χ4n) is 5.29. The summed E-state index contributed by atoms with van der Waals surface area (Å²) in [7, 11) is -5.99. The van der Waals surface area contributed by atoms with E-state index in [2.05, 4.69) is 0 Å². The second-order valence-electron chi connectivity index (χ2n) is 8.68. The summed E-state index contributed by atoms with van der Waals surface area (Å²) >= 11 is -4.50. The van der Waals surface area contributed by atoms with Gasteiger partial charge in [-0.15, -0.1) is 0 Å². The van der Waals surface area contributed by atoms with Crippen LogP contribution in [0.15, 0.2) is 24.3 Å². The van der Waals surface area contributed by atoms with Crippen molar-refractivity contribution < 1.29 is 41.8 Å². The summed E-state index contributed by atoms with van der Waals surface area (Å²) in [6.45, 7) is 3.98. The molecule has 0 N–H and O–H groups in total. The molecule has 1 aliphatic heterocycles. The van der Waals surface area contributed by atoms with Crippen LogP contribution in [0.5, 0.6) is 0 Å². The molecule has 12 heteroatoms. The first kappa shape index (κ1) is 22.4. The van der Waals surface area contributed by atoms with Crippen LogP contribution in [0, 0.1) is 16.7 Å². The normalized spacial score (nSPS) is 37.7. The van der Waals surface area contributed by atoms with E-state index < -0.39 is 52.4 Å². The number of fused-ring (bicyclic) bond motifs is 1. The predicted molar refractivity (Wildman–Crippen MR) is 96.1 cm³/mol. The monoisotopic (exact) mass is 526 g/mol. The summed E-state index contributed by atoms with van der Waals surface area (Å²) < 4.78 is 113. The van der Waals surface area contributed by atoms with Gasteiger partial charge in [-0.1, -0.05) is 0 Å². The number of alkyl halides is 6. The molecule has 2 bridgehead atoms. The first-order valence-corrected chi connectivity index (χ1v) is 14.1. The second kappa shape index (κ2) is 6.37. The maximum atomic E-state index is 13.1. The average Bonchev–Trinajstić information content (AvgIpc) is 3.13. The van der Waals surface area contributed by atoms with Crippen LogP contribution < -0.4 is 4.46 Å². The van der Waals surface area contributed by atoms with Crippen LogP contribution in [-0.4, -0.2) is 33.5 Å². The molecule has 0 aromatic heterocycles. The van der Waals surface area contributed by atoms with Gasteiger partial charge in [-0.2, -0.15) is 0 Å². The quantitative estimate of drug-likeness (QED) is 0.333. The standard InChI is InChI=1S/C18H20F6O4SSe/c1-15(2)12-7-8-16(15)10-30(27-14(16)9-12,28-29(25,26)18(22,23)24)13-5-3-11(4-6-13)17(19,20)21/h3-6,12,14H,7-10H2,1-2H3. The molecule has 3 aliphatic rings. The van der Waals surface area contributed by atoms with Crippen LogP contribution in [-0.2, 0) is 23.4 Å². The van der Waals surface area contributed by atoms with E-state index in [0.717, 1.165) is 30.7 Å². The van der Waals surface area contributed by atoms with E-state index in [1.165, 1.54) is 0 Å². The molecule has 30 heavy (non-hydrogen) atoms. The molecule has 4 rings (SSSR count). The van der Waals surface area contributed by atoms with Gasteiger partial charge in [0.15, 0.2) is 0 Å². The molecule has 1 saturated heterocycles. The Balaban J connectivity index is 1.80. The molecule has 170 valence electrons. The second-order valence-corrected chi connectivity index (χ2v) is 15.6. The van der Waals surface area contributed by atoms with E-state index >= 15 is 0 Å². The minimum atomic E-state index is -5.99. The summed E-state index contributed by atoms with van der Waals surface area (Å²) in [5.41, 5.74) is -7.50. The molecule has 4 atom stereocenters. The SMILES string of the molecule is CC1(C)C2CCC13C[Se](OS(=O)(=O)C(F)(F)F)(c1ccc(C(F)(F)F)cc1)OC3C2. The Bertz CT molecular complexity index is 958. The van der Waals surface area contributed by atoms with Crippen LogP contribution in [0.25, 0.3) is 0 Å². The molecule has 1 aromatic carbocycles. The fourth-order valence-corrected chi connectivity index (χ4v) is 15.2. The molecular formula is C18H20F6O4SSe. The molecule has 4 unspecified atom stereocenters. The Morgan fingerprint density at radius 2 is 1.70 bits per heavy atom. The molecule has 2 saturated carbocycles. The van der Waals surface area contributed by atoms with Gasteiger partial charge in [0.2, 0.25) is 0 Å². The summed E-state index contributed by atoms with van der Waals surface area (Å²) in [6.07, 6.45) is -3.04. The third-order valence-corrected chi connectivity index (χ3v) is 15.7. The van der Waals surface area contributed by atoms with Gasteiger partial charge < -0.3 is 0 Å². The van der Waals surface area contributed by atoms with Crippen molar-refractivity contribution >= 4 is 28.1 Å². The Labute approximate surface area is 172 Å². The van der Waals surface area contributed by atoms with E-state index in [-0.39, 0.29) is 15.2 Å². The fraction of sp³-hybridized carbons (Fsp3) is 0.667. The molecule has 2 aliphatic carbocycles. The third kappa shape index (κ3) is 3.05. The van der Waals surface area contributed by atoms with E-state index in [1.54, 1.807) is 0 Å². The van der Waals surface area contributed by atoms with Crippen LogP contribution in [0.3, 0.4) is 0 Å². The van der Waals surface area contributed by atoms with Crippen molar-refractivity contribution in [2.45, 2.75) is 56.2 Å². The van der Waals surface area contributed by atoms with E-state index in [4.69, 9.17) is 7.08 Å². The van der Waals surface area contributed by atoms with Crippen LogP contribution >= 0.6 is 0 Å². The zero-order chi connectivity index (χ0) is 22.4. The van der Waals surface area contributed by atoms with Crippen molar-refractivity contribution in [1.82, 2.24) is 0 Å². The molecule has 3 fully saturated rings. The number of hydrogen-bond acceptors (Lipinski definition) is 4. The van der Waals surface area contributed by atoms with Crippen LogP contribution in [0.1, 0.15) is 38.7 Å². The zero-order valence-corrected chi connectivity index (χ0v) is 18.5. The van der Waals surface area contributed by atoms with Crippen molar-refractivity contribution in [3.05, 3.63) is 29.8 Å². The van der Waals surface area contributed by atoms with E-state index in [0.29, 0.717) is 18.8 Å². The van der Waals surface area contributed by atoms with Gasteiger partial charge in [0.05, 0.1) is 0 Å². The first-order valence-electron chi connectivity index (χ1n) is 9.23. The molecule has 0 radical (unpaired) electrons. The van der Waals surface area contributed by atoms with E-state index in [9.17, 15) is 34.8 Å². The van der Waals surface area contributed by atoms with Gasteiger partial charge in [-0.25, -0.2) is 0 Å². The van der Waals surface area contributed by atoms with Crippen molar-refractivity contribution in [2.24, 2.45) is 16.7 Å². The van der Waals surface area contributed by atoms with Gasteiger partial charge in [0.1, 0.15) is 0 Å². The van der Waals surface area contributed by atoms with Crippen molar-refractivity contribution in [3.63, 3.8) is 0 Å². The number of benzene rings is 1. The Morgan fingerprint density at radius 3 is 2.17 bits per heavy atom. The number of hydrogen-bond donors (Lipinski definition) is 0. The van der Waals surface area contributed by atoms with Crippen molar-refractivity contribution in [2.75, 3.05) is 0 Å². The van der Waals surface area contributed by atoms with Crippen molar-refractivity contribution in [1.29, 1.82) is 0 Å². The van der Waals surface area contributed by atoms with Gasteiger partial charge >= 0.3 is 173 Å². The van der Waals surface area contributed by atoms with Gasteiger partial charge in [-0.3, -0.25) is 0 Å². The summed E-state index contributed by atoms with van der Waals surface area (Å²) in [5.74, 6) is 0.296. The molecular weight excluding hydrogens is 505 g/mol. The molecule has 1 heterocycles. The number of halogens is 6. The van der Waals surface area contributed by atoms with Crippen molar-refractivity contribution in [3.8, 4) is 0 Å². The summed E-state index contributed by atoms with van der Waals surface area (Å²) in [4.78, 5) is 0. The molecule has 1 spiro atoms. The summed E-state index contributed by atoms with van der Waals surface area (Å²) in [6, 6.07) is 3.42. The Morgan fingerprint density at radius 1 is 1.10 bits per heavy atom. The molecule has 4 nitrogen and oxygen atoms in total. The third-order valence-electron chi connectivity index (χ3n) is 7.10. The van der Waals surface area contributed by atoms with Gasteiger partial charge in [0.25, 0.3) is 0 Å². The summed E-state index contributed by atoms with van der Waals surface area (Å²) in [5, 5.41) is -0.0294. The van der Waals surface area contributed by atoms with Gasteiger partial charge in [0, 0.05) is 0 Å². The van der Waals surface area contributed by atoms with E-state index in [1.807, 2.05) is 13.8 Å². The Kier molecular flexibility index (Phi) is 4.75. The molecule has 0 amide bonds.